The van der Waals surface area contributed by atoms with Gasteiger partial charge in [0, 0.05) is 5.56 Å². The topological polar surface area (TPSA) is 124 Å². The Bertz CT molecular complexity index is 1020. The number of hydrogen-bond donors (Lipinski definition) is 2. The van der Waals surface area contributed by atoms with Crippen LogP contribution in [0.1, 0.15) is 24.2 Å². The summed E-state index contributed by atoms with van der Waals surface area (Å²) < 4.78 is 11.1. The van der Waals surface area contributed by atoms with E-state index in [1.165, 1.54) is 11.0 Å². The molecular formula is C20H20N4O5. The van der Waals surface area contributed by atoms with E-state index in [4.69, 9.17) is 15.2 Å². The first-order chi connectivity index (χ1) is 13.8. The van der Waals surface area contributed by atoms with Gasteiger partial charge in [-0.1, -0.05) is 13.8 Å². The molecule has 2 aromatic rings. The van der Waals surface area contributed by atoms with Crippen molar-refractivity contribution in [3.05, 3.63) is 35.9 Å². The number of rotatable bonds is 4. The second-order valence-electron chi connectivity index (χ2n) is 7.24. The molecule has 0 fully saturated rings. The minimum Gasteiger partial charge on any atom is -0.482 e. The summed E-state index contributed by atoms with van der Waals surface area (Å²) in [5, 5.41) is 2.67. The summed E-state index contributed by atoms with van der Waals surface area (Å²) in [7, 11) is 0. The van der Waals surface area contributed by atoms with E-state index in [1.807, 2.05) is 13.8 Å². The van der Waals surface area contributed by atoms with Crippen LogP contribution in [0.5, 0.6) is 11.5 Å². The smallest absolute Gasteiger partial charge is 0.270 e. The largest absolute Gasteiger partial charge is 0.482 e. The SMILES string of the molecule is CC(C)C1Oc2ccc(N)nc2N(CC(=O)c2ccc3c(c2)NC(=O)CO3)C1=O. The number of ether oxygens (including phenoxy) is 2. The van der Waals surface area contributed by atoms with Crippen LogP contribution in [0.3, 0.4) is 0 Å². The molecule has 2 amide bonds. The lowest BCUT2D eigenvalue weighted by Gasteiger charge is -2.34. The first kappa shape index (κ1) is 18.7. The van der Waals surface area contributed by atoms with Crippen LogP contribution in [-0.4, -0.2) is 41.8 Å². The molecule has 2 aliphatic rings. The van der Waals surface area contributed by atoms with Crippen molar-refractivity contribution in [1.82, 2.24) is 4.98 Å². The average Bonchev–Trinajstić information content (AvgIpc) is 2.69. The number of nitrogens with zero attached hydrogens (tertiary/aromatic N) is 2. The highest BCUT2D eigenvalue weighted by molar-refractivity contribution is 6.08. The van der Waals surface area contributed by atoms with Crippen LogP contribution >= 0.6 is 0 Å². The lowest BCUT2D eigenvalue weighted by molar-refractivity contribution is -0.128. The quantitative estimate of drug-likeness (QED) is 0.753. The molecule has 0 spiro atoms. The van der Waals surface area contributed by atoms with E-state index in [9.17, 15) is 14.4 Å². The summed E-state index contributed by atoms with van der Waals surface area (Å²) in [5.74, 6) is 0.263. The number of nitrogens with one attached hydrogen (secondary N) is 1. The molecule has 1 atom stereocenters. The summed E-state index contributed by atoms with van der Waals surface area (Å²) >= 11 is 0. The maximum absolute atomic E-state index is 13.0. The normalized spacial score (nSPS) is 17.8. The van der Waals surface area contributed by atoms with Crippen molar-refractivity contribution in [2.45, 2.75) is 20.0 Å². The Morgan fingerprint density at radius 3 is 2.79 bits per heavy atom. The molecule has 4 rings (SSSR count). The van der Waals surface area contributed by atoms with Gasteiger partial charge in [-0.25, -0.2) is 4.98 Å². The molecule has 9 heteroatoms. The summed E-state index contributed by atoms with van der Waals surface area (Å²) in [6.45, 7) is 3.43. The first-order valence-electron chi connectivity index (χ1n) is 9.18. The fourth-order valence-corrected chi connectivity index (χ4v) is 3.25. The number of carbonyl (C=O) groups is 3. The van der Waals surface area contributed by atoms with E-state index < -0.39 is 6.10 Å². The molecule has 9 nitrogen and oxygen atoms in total. The number of aromatic nitrogens is 1. The van der Waals surface area contributed by atoms with E-state index in [1.54, 1.807) is 24.3 Å². The third-order valence-corrected chi connectivity index (χ3v) is 4.72. The average molecular weight is 396 g/mol. The molecule has 0 saturated heterocycles. The van der Waals surface area contributed by atoms with Crippen molar-refractivity contribution in [2.75, 3.05) is 29.1 Å². The number of carbonyl (C=O) groups excluding carboxylic acids is 3. The summed E-state index contributed by atoms with van der Waals surface area (Å²) in [5.41, 5.74) is 6.52. The van der Waals surface area contributed by atoms with Crippen LogP contribution < -0.4 is 25.4 Å². The number of ketones is 1. The van der Waals surface area contributed by atoms with Crippen LogP contribution in [0.2, 0.25) is 0 Å². The minimum absolute atomic E-state index is 0.0664. The lowest BCUT2D eigenvalue weighted by atomic mass is 10.0. The number of nitrogens with two attached hydrogens (primary N) is 1. The van der Waals surface area contributed by atoms with Crippen LogP contribution in [0.4, 0.5) is 17.3 Å². The third kappa shape index (κ3) is 3.46. The standard InChI is InChI=1S/C20H20N4O5/c1-10(2)18-20(27)24(19-15(29-18)5-6-16(21)23-19)8-13(25)11-3-4-14-12(7-11)22-17(26)9-28-14/h3-7,10,18H,8-9H2,1-2H3,(H2,21,23)(H,22,26). The van der Waals surface area contributed by atoms with Crippen LogP contribution in [0, 0.1) is 5.92 Å². The van der Waals surface area contributed by atoms with Crippen LogP contribution in [0.15, 0.2) is 30.3 Å². The molecule has 1 unspecified atom stereocenters. The van der Waals surface area contributed by atoms with Crippen molar-refractivity contribution in [3.63, 3.8) is 0 Å². The summed E-state index contributed by atoms with van der Waals surface area (Å²) in [6.07, 6.45) is -0.725. The van der Waals surface area contributed by atoms with Gasteiger partial charge in [0.2, 0.25) is 0 Å². The maximum atomic E-state index is 13.0. The minimum atomic E-state index is -0.725. The Morgan fingerprint density at radius 2 is 2.03 bits per heavy atom. The molecule has 150 valence electrons. The van der Waals surface area contributed by atoms with Crippen molar-refractivity contribution in [3.8, 4) is 11.5 Å². The molecule has 0 bridgehead atoms. The summed E-state index contributed by atoms with van der Waals surface area (Å²) in [6, 6.07) is 7.97. The van der Waals surface area contributed by atoms with Gasteiger partial charge in [-0.3, -0.25) is 19.3 Å². The Hall–Kier alpha value is -3.62. The lowest BCUT2D eigenvalue weighted by Crippen LogP contribution is -2.50. The molecule has 0 aliphatic carbocycles. The van der Waals surface area contributed by atoms with E-state index >= 15 is 0 Å². The number of pyridine rings is 1. The third-order valence-electron chi connectivity index (χ3n) is 4.72. The highest BCUT2D eigenvalue weighted by Gasteiger charge is 2.38. The van der Waals surface area contributed by atoms with Gasteiger partial charge in [-0.2, -0.15) is 0 Å². The predicted octanol–water partition coefficient (Wildman–Crippen LogP) is 1.63. The highest BCUT2D eigenvalue weighted by Crippen LogP contribution is 2.35. The van der Waals surface area contributed by atoms with Gasteiger partial charge in [0.05, 0.1) is 12.2 Å². The molecule has 1 aromatic carbocycles. The van der Waals surface area contributed by atoms with Crippen LogP contribution in [-0.2, 0) is 9.59 Å². The van der Waals surface area contributed by atoms with Gasteiger partial charge in [0.25, 0.3) is 11.8 Å². The van der Waals surface area contributed by atoms with Crippen molar-refractivity contribution in [2.24, 2.45) is 5.92 Å². The van der Waals surface area contributed by atoms with Gasteiger partial charge in [-0.05, 0) is 36.2 Å². The van der Waals surface area contributed by atoms with Crippen molar-refractivity contribution >= 4 is 34.9 Å². The second-order valence-corrected chi connectivity index (χ2v) is 7.24. The molecular weight excluding hydrogens is 376 g/mol. The van der Waals surface area contributed by atoms with E-state index in [-0.39, 0.29) is 48.3 Å². The highest BCUT2D eigenvalue weighted by atomic mass is 16.5. The van der Waals surface area contributed by atoms with E-state index in [2.05, 4.69) is 10.3 Å². The molecule has 2 aliphatic heterocycles. The van der Waals surface area contributed by atoms with E-state index in [0.717, 1.165) is 0 Å². The second kappa shape index (κ2) is 7.08. The number of nitrogen functional groups attached to an aromatic ring is 1. The Balaban J connectivity index is 1.65. The van der Waals surface area contributed by atoms with Gasteiger partial charge in [0.1, 0.15) is 11.6 Å². The summed E-state index contributed by atoms with van der Waals surface area (Å²) in [4.78, 5) is 42.9. The molecule has 3 heterocycles. The van der Waals surface area contributed by atoms with Crippen LogP contribution in [0.25, 0.3) is 0 Å². The number of anilines is 3. The first-order valence-corrected chi connectivity index (χ1v) is 9.18. The molecule has 29 heavy (non-hydrogen) atoms. The predicted molar refractivity (Wildman–Crippen MR) is 105 cm³/mol. The monoisotopic (exact) mass is 396 g/mol. The Labute approximate surface area is 166 Å². The van der Waals surface area contributed by atoms with Gasteiger partial charge in [0.15, 0.2) is 30.1 Å². The zero-order valence-electron chi connectivity index (χ0n) is 16.0. The zero-order valence-corrected chi connectivity index (χ0v) is 16.0. The Kier molecular flexibility index (Phi) is 4.57. The van der Waals surface area contributed by atoms with Gasteiger partial charge >= 0.3 is 0 Å². The maximum Gasteiger partial charge on any atom is 0.270 e. The zero-order chi connectivity index (χ0) is 20.7. The number of Topliss-reactive ketones (excluding diaryl/α,β-unsaturated/α-hetero) is 1. The Morgan fingerprint density at radius 1 is 1.28 bits per heavy atom. The molecule has 3 N–H and O–H groups in total. The van der Waals surface area contributed by atoms with Gasteiger partial charge < -0.3 is 20.5 Å². The number of hydrogen-bond acceptors (Lipinski definition) is 7. The fourth-order valence-electron chi connectivity index (χ4n) is 3.25. The fraction of sp³-hybridized carbons (Fsp3) is 0.300. The van der Waals surface area contributed by atoms with E-state index in [0.29, 0.717) is 22.7 Å². The van der Waals surface area contributed by atoms with Gasteiger partial charge in [-0.15, -0.1) is 0 Å². The molecule has 1 aromatic heterocycles. The van der Waals surface area contributed by atoms with Crippen molar-refractivity contribution < 1.29 is 23.9 Å². The number of benzene rings is 1. The number of fused-ring (bicyclic) bond motifs is 2. The van der Waals surface area contributed by atoms with Crippen molar-refractivity contribution in [1.29, 1.82) is 0 Å². The molecule has 0 radical (unpaired) electrons. The molecule has 0 saturated carbocycles. The number of amides is 2.